The van der Waals surface area contributed by atoms with Crippen LogP contribution in [-0.4, -0.2) is 50.5 Å². The van der Waals surface area contributed by atoms with Crippen molar-refractivity contribution >= 4 is 5.96 Å². The molecule has 5 nitrogen and oxygen atoms in total. The van der Waals surface area contributed by atoms with Gasteiger partial charge < -0.3 is 20.5 Å². The van der Waals surface area contributed by atoms with E-state index >= 15 is 0 Å². The van der Waals surface area contributed by atoms with Crippen molar-refractivity contribution in [1.29, 1.82) is 0 Å². The van der Waals surface area contributed by atoms with E-state index < -0.39 is 0 Å². The van der Waals surface area contributed by atoms with Crippen LogP contribution in [0.4, 0.5) is 0 Å². The molecule has 23 heavy (non-hydrogen) atoms. The smallest absolute Gasteiger partial charge is 0.191 e. The maximum Gasteiger partial charge on any atom is 0.191 e. The Balaban J connectivity index is 1.88. The average Bonchev–Trinajstić information content (AvgIpc) is 3.18. The van der Waals surface area contributed by atoms with Crippen molar-refractivity contribution in [2.24, 2.45) is 16.3 Å². The lowest BCUT2D eigenvalue weighted by molar-refractivity contribution is 0.134. The van der Waals surface area contributed by atoms with Crippen LogP contribution in [0.15, 0.2) is 4.99 Å². The number of aliphatic hydroxyl groups is 1. The van der Waals surface area contributed by atoms with Gasteiger partial charge in [-0.25, -0.2) is 0 Å². The highest BCUT2D eigenvalue weighted by Crippen LogP contribution is 2.41. The second kappa shape index (κ2) is 9.48. The summed E-state index contributed by atoms with van der Waals surface area (Å²) in [7, 11) is 1.78. The van der Waals surface area contributed by atoms with Crippen molar-refractivity contribution in [3.8, 4) is 0 Å². The summed E-state index contributed by atoms with van der Waals surface area (Å²) in [6.07, 6.45) is 9.32. The molecule has 0 saturated heterocycles. The lowest BCUT2D eigenvalue weighted by atomic mass is 9.83. The van der Waals surface area contributed by atoms with E-state index in [0.29, 0.717) is 11.3 Å². The van der Waals surface area contributed by atoms with Gasteiger partial charge in [-0.2, -0.15) is 0 Å². The second-order valence-corrected chi connectivity index (χ2v) is 7.28. The number of aliphatic imine (C=N–C) groups is 1. The highest BCUT2D eigenvalue weighted by molar-refractivity contribution is 5.79. The SMILES string of the molecule is CCNC(=NCC1(CCOC)CCCC1)NCC1CCCC1O. The Hall–Kier alpha value is -0.810. The van der Waals surface area contributed by atoms with Crippen LogP contribution in [0.3, 0.4) is 0 Å². The number of methoxy groups -OCH3 is 1. The van der Waals surface area contributed by atoms with Gasteiger partial charge in [0.1, 0.15) is 0 Å². The molecule has 0 aliphatic heterocycles. The molecular weight excluding hydrogens is 290 g/mol. The Morgan fingerprint density at radius 1 is 1.22 bits per heavy atom. The van der Waals surface area contributed by atoms with Gasteiger partial charge >= 0.3 is 0 Å². The minimum absolute atomic E-state index is 0.145. The summed E-state index contributed by atoms with van der Waals surface area (Å²) in [6.45, 7) is 5.48. The van der Waals surface area contributed by atoms with E-state index in [1.165, 1.54) is 25.7 Å². The number of nitrogens with zero attached hydrogens (tertiary/aromatic N) is 1. The third kappa shape index (κ3) is 5.64. The van der Waals surface area contributed by atoms with Crippen LogP contribution in [0.2, 0.25) is 0 Å². The van der Waals surface area contributed by atoms with Crippen LogP contribution in [0, 0.1) is 11.3 Å². The molecule has 0 aromatic carbocycles. The van der Waals surface area contributed by atoms with Crippen molar-refractivity contribution in [3.05, 3.63) is 0 Å². The molecule has 2 aliphatic carbocycles. The zero-order chi connectivity index (χ0) is 16.5. The average molecular weight is 325 g/mol. The number of nitrogens with one attached hydrogen (secondary N) is 2. The molecule has 0 aromatic heterocycles. The molecule has 2 rings (SSSR count). The number of guanidine groups is 1. The first kappa shape index (κ1) is 18.5. The third-order valence-electron chi connectivity index (χ3n) is 5.57. The summed E-state index contributed by atoms with van der Waals surface area (Å²) in [5, 5.41) is 16.7. The fourth-order valence-electron chi connectivity index (χ4n) is 4.00. The Bertz CT molecular complexity index is 367. The highest BCUT2D eigenvalue weighted by atomic mass is 16.5. The van der Waals surface area contributed by atoms with E-state index in [1.807, 2.05) is 0 Å². The number of hydrogen-bond acceptors (Lipinski definition) is 3. The summed E-state index contributed by atoms with van der Waals surface area (Å²) < 4.78 is 5.30. The zero-order valence-electron chi connectivity index (χ0n) is 14.9. The van der Waals surface area contributed by atoms with E-state index in [9.17, 15) is 5.11 Å². The number of ether oxygens (including phenoxy) is 1. The van der Waals surface area contributed by atoms with Crippen LogP contribution in [0.25, 0.3) is 0 Å². The second-order valence-electron chi connectivity index (χ2n) is 7.28. The summed E-state index contributed by atoms with van der Waals surface area (Å²) in [4.78, 5) is 4.86. The van der Waals surface area contributed by atoms with Gasteiger partial charge in [-0.1, -0.05) is 19.3 Å². The summed E-state index contributed by atoms with van der Waals surface area (Å²) >= 11 is 0. The van der Waals surface area contributed by atoms with Crippen LogP contribution < -0.4 is 10.6 Å². The van der Waals surface area contributed by atoms with Gasteiger partial charge in [0.05, 0.1) is 6.10 Å². The molecular formula is C18H35N3O2. The van der Waals surface area contributed by atoms with Gasteiger partial charge in [0.25, 0.3) is 0 Å². The normalized spacial score (nSPS) is 27.3. The van der Waals surface area contributed by atoms with Crippen molar-refractivity contribution in [3.63, 3.8) is 0 Å². The van der Waals surface area contributed by atoms with E-state index in [2.05, 4.69) is 17.6 Å². The quantitative estimate of drug-likeness (QED) is 0.473. The van der Waals surface area contributed by atoms with E-state index in [1.54, 1.807) is 7.11 Å². The molecule has 2 aliphatic rings. The monoisotopic (exact) mass is 325 g/mol. The molecule has 5 heteroatoms. The van der Waals surface area contributed by atoms with E-state index in [0.717, 1.165) is 57.9 Å². The predicted octanol–water partition coefficient (Wildman–Crippen LogP) is 2.30. The molecule has 0 heterocycles. The molecule has 134 valence electrons. The van der Waals surface area contributed by atoms with Gasteiger partial charge in [-0.3, -0.25) is 4.99 Å². The highest BCUT2D eigenvalue weighted by Gasteiger charge is 2.33. The first-order valence-electron chi connectivity index (χ1n) is 9.38. The third-order valence-corrected chi connectivity index (χ3v) is 5.57. The molecule has 2 unspecified atom stereocenters. The maximum atomic E-state index is 9.96. The molecule has 2 fully saturated rings. The van der Waals surface area contributed by atoms with E-state index in [4.69, 9.17) is 9.73 Å². The van der Waals surface area contributed by atoms with Crippen molar-refractivity contribution in [1.82, 2.24) is 10.6 Å². The lowest BCUT2D eigenvalue weighted by Gasteiger charge is -2.27. The van der Waals surface area contributed by atoms with Crippen LogP contribution in [0.1, 0.15) is 58.3 Å². The number of rotatable bonds is 8. The van der Waals surface area contributed by atoms with Gasteiger partial charge in [-0.05, 0) is 44.4 Å². The Labute approximate surface area is 141 Å². The molecule has 0 amide bonds. The van der Waals surface area contributed by atoms with E-state index in [-0.39, 0.29) is 6.10 Å². The molecule has 0 radical (unpaired) electrons. The van der Waals surface area contributed by atoms with Crippen molar-refractivity contribution in [2.45, 2.75) is 64.4 Å². The largest absolute Gasteiger partial charge is 0.393 e. The first-order valence-corrected chi connectivity index (χ1v) is 9.38. The van der Waals surface area contributed by atoms with Crippen LogP contribution >= 0.6 is 0 Å². The van der Waals surface area contributed by atoms with Gasteiger partial charge in [0.2, 0.25) is 0 Å². The predicted molar refractivity (Wildman–Crippen MR) is 94.7 cm³/mol. The molecule has 0 bridgehead atoms. The number of aliphatic hydroxyl groups excluding tert-OH is 1. The van der Waals surface area contributed by atoms with Crippen molar-refractivity contribution < 1.29 is 9.84 Å². The van der Waals surface area contributed by atoms with Crippen LogP contribution in [-0.2, 0) is 4.74 Å². The summed E-state index contributed by atoms with van der Waals surface area (Å²) in [6, 6.07) is 0. The van der Waals surface area contributed by atoms with Gasteiger partial charge in [0.15, 0.2) is 5.96 Å². The summed E-state index contributed by atoms with van der Waals surface area (Å²) in [5.74, 6) is 1.27. The fourth-order valence-corrected chi connectivity index (χ4v) is 4.00. The van der Waals surface area contributed by atoms with Gasteiger partial charge in [-0.15, -0.1) is 0 Å². The Morgan fingerprint density at radius 3 is 2.61 bits per heavy atom. The molecule has 2 atom stereocenters. The molecule has 2 saturated carbocycles. The topological polar surface area (TPSA) is 65.9 Å². The standard InChI is InChI=1S/C18H35N3O2/c1-3-19-17(20-13-15-7-6-8-16(15)22)21-14-18(11-12-23-2)9-4-5-10-18/h15-16,22H,3-14H2,1-2H3,(H2,19,20,21). The Kier molecular flexibility index (Phi) is 7.63. The van der Waals surface area contributed by atoms with Crippen LogP contribution in [0.5, 0.6) is 0 Å². The zero-order valence-corrected chi connectivity index (χ0v) is 14.9. The molecule has 0 spiro atoms. The lowest BCUT2D eigenvalue weighted by Crippen LogP contribution is -2.41. The fraction of sp³-hybridized carbons (Fsp3) is 0.944. The minimum Gasteiger partial charge on any atom is -0.393 e. The molecule has 0 aromatic rings. The number of hydrogen-bond donors (Lipinski definition) is 3. The Morgan fingerprint density at radius 2 is 2.00 bits per heavy atom. The first-order chi connectivity index (χ1) is 11.2. The summed E-state index contributed by atoms with van der Waals surface area (Å²) in [5.41, 5.74) is 0.325. The maximum absolute atomic E-state index is 9.96. The minimum atomic E-state index is -0.145. The molecule has 3 N–H and O–H groups in total. The van der Waals surface area contributed by atoms with Crippen molar-refractivity contribution in [2.75, 3.05) is 33.4 Å². The van der Waals surface area contributed by atoms with Gasteiger partial charge in [0, 0.05) is 39.3 Å².